The van der Waals surface area contributed by atoms with Crippen LogP contribution >= 0.6 is 0 Å². The van der Waals surface area contributed by atoms with E-state index in [1.807, 2.05) is 77.4 Å². The van der Waals surface area contributed by atoms with Gasteiger partial charge in [0.15, 0.2) is 0 Å². The van der Waals surface area contributed by atoms with Gasteiger partial charge in [-0.2, -0.15) is 0 Å². The van der Waals surface area contributed by atoms with Gasteiger partial charge in [0.25, 0.3) is 0 Å². The second-order valence-corrected chi connectivity index (χ2v) is 7.02. The van der Waals surface area contributed by atoms with Crippen LogP contribution in [0.4, 0.5) is 0 Å². The van der Waals surface area contributed by atoms with Crippen molar-refractivity contribution in [2.24, 2.45) is 5.84 Å². The van der Waals surface area contributed by atoms with E-state index in [1.54, 1.807) is 7.11 Å². The lowest BCUT2D eigenvalue weighted by Gasteiger charge is -2.12. The summed E-state index contributed by atoms with van der Waals surface area (Å²) < 4.78 is 7.29. The minimum absolute atomic E-state index is 0.242. The molecule has 4 N–H and O–H groups in total. The molecule has 1 heterocycles. The van der Waals surface area contributed by atoms with Gasteiger partial charge in [-0.1, -0.05) is 54.6 Å². The number of nitrogens with two attached hydrogens (primary N) is 1. The zero-order valence-electron chi connectivity index (χ0n) is 16.6. The smallest absolute Gasteiger partial charge is 0.353 e. The fraction of sp³-hybridized carbons (Fsp3) is 0.125. The van der Waals surface area contributed by atoms with Crippen molar-refractivity contribution in [3.63, 3.8) is 0 Å². The second-order valence-electron chi connectivity index (χ2n) is 7.02. The maximum atomic E-state index is 12.5. The van der Waals surface area contributed by atoms with Crippen molar-refractivity contribution >= 4 is 16.9 Å². The number of nitrogens with zero attached hydrogens (tertiary/aromatic N) is 1. The van der Waals surface area contributed by atoms with Crippen molar-refractivity contribution in [1.29, 1.82) is 0 Å². The highest BCUT2D eigenvalue weighted by Gasteiger charge is 2.25. The van der Waals surface area contributed by atoms with Crippen LogP contribution in [0.1, 0.15) is 21.6 Å². The van der Waals surface area contributed by atoms with E-state index >= 15 is 0 Å². The maximum Gasteiger partial charge on any atom is 0.353 e. The topological polar surface area (TPSA) is 89.5 Å². The molecule has 0 unspecified atom stereocenters. The monoisotopic (exact) mass is 401 g/mol. The summed E-state index contributed by atoms with van der Waals surface area (Å²) in [5.74, 6) is 5.27. The predicted molar refractivity (Wildman–Crippen MR) is 117 cm³/mol. The molecule has 0 atom stereocenters. The van der Waals surface area contributed by atoms with Crippen molar-refractivity contribution in [3.8, 4) is 16.9 Å². The fourth-order valence-electron chi connectivity index (χ4n) is 3.91. The van der Waals surface area contributed by atoms with Crippen molar-refractivity contribution in [2.75, 3.05) is 7.11 Å². The van der Waals surface area contributed by atoms with Gasteiger partial charge in [0, 0.05) is 29.6 Å². The SMILES string of the molecule is COc1ccc2c(c1)c(-c1ccccc1CNN)c(C(=O)O)n2Cc1ccccc1. The van der Waals surface area contributed by atoms with Crippen LogP contribution in [0.5, 0.6) is 5.75 Å². The first-order chi connectivity index (χ1) is 14.6. The Labute approximate surface area is 174 Å². The first-order valence-electron chi connectivity index (χ1n) is 9.63. The van der Waals surface area contributed by atoms with Crippen LogP contribution in [0.2, 0.25) is 0 Å². The molecule has 4 aromatic rings. The molecule has 4 rings (SSSR count). The molecule has 0 fully saturated rings. The average Bonchev–Trinajstić information content (AvgIpc) is 3.08. The van der Waals surface area contributed by atoms with Crippen LogP contribution in [0.25, 0.3) is 22.0 Å². The molecule has 6 heteroatoms. The van der Waals surface area contributed by atoms with Crippen LogP contribution in [-0.4, -0.2) is 22.8 Å². The van der Waals surface area contributed by atoms with Gasteiger partial charge in [-0.3, -0.25) is 11.3 Å². The average molecular weight is 401 g/mol. The summed E-state index contributed by atoms with van der Waals surface area (Å²) in [6, 6.07) is 23.2. The van der Waals surface area contributed by atoms with E-state index in [9.17, 15) is 9.90 Å². The van der Waals surface area contributed by atoms with E-state index < -0.39 is 5.97 Å². The Morgan fingerprint density at radius 3 is 2.50 bits per heavy atom. The summed E-state index contributed by atoms with van der Waals surface area (Å²) in [5, 5.41) is 11.1. The predicted octanol–water partition coefficient (Wildman–Crippen LogP) is 4.03. The van der Waals surface area contributed by atoms with Crippen molar-refractivity contribution in [1.82, 2.24) is 9.99 Å². The molecular formula is C24H23N3O3. The lowest BCUT2D eigenvalue weighted by Crippen LogP contribution is -2.21. The second kappa shape index (κ2) is 8.41. The molecule has 0 aliphatic rings. The number of benzene rings is 3. The summed E-state index contributed by atoms with van der Waals surface area (Å²) in [6.07, 6.45) is 0. The molecule has 30 heavy (non-hydrogen) atoms. The molecular weight excluding hydrogens is 378 g/mol. The lowest BCUT2D eigenvalue weighted by atomic mass is 9.96. The number of carbonyl (C=O) groups is 1. The number of aromatic nitrogens is 1. The third-order valence-electron chi connectivity index (χ3n) is 5.24. The first-order valence-corrected chi connectivity index (χ1v) is 9.63. The molecule has 0 aliphatic carbocycles. The van der Waals surface area contributed by atoms with Gasteiger partial charge in [0.05, 0.1) is 7.11 Å². The quantitative estimate of drug-likeness (QED) is 0.321. The number of hydrazine groups is 1. The van der Waals surface area contributed by atoms with Crippen LogP contribution in [0, 0.1) is 0 Å². The Hall–Kier alpha value is -3.61. The van der Waals surface area contributed by atoms with E-state index in [4.69, 9.17) is 10.6 Å². The van der Waals surface area contributed by atoms with Gasteiger partial charge >= 0.3 is 5.97 Å². The largest absolute Gasteiger partial charge is 0.497 e. The number of aromatic carboxylic acids is 1. The molecule has 3 aromatic carbocycles. The molecule has 0 amide bonds. The molecule has 0 saturated carbocycles. The van der Waals surface area contributed by atoms with E-state index in [-0.39, 0.29) is 5.69 Å². The van der Waals surface area contributed by atoms with E-state index in [2.05, 4.69) is 5.43 Å². The number of methoxy groups -OCH3 is 1. The van der Waals surface area contributed by atoms with Gasteiger partial charge in [-0.15, -0.1) is 0 Å². The standard InChI is InChI=1S/C24H23N3O3/c1-30-18-11-12-21-20(13-18)22(19-10-6-5-9-17(19)14-26-25)23(24(28)29)27(21)15-16-7-3-2-4-8-16/h2-13,26H,14-15,25H2,1H3,(H,28,29). The Morgan fingerprint density at radius 2 is 1.80 bits per heavy atom. The van der Waals surface area contributed by atoms with Crippen molar-refractivity contribution in [3.05, 3.63) is 89.6 Å². The van der Waals surface area contributed by atoms with E-state index in [0.29, 0.717) is 24.4 Å². The van der Waals surface area contributed by atoms with Gasteiger partial charge in [-0.25, -0.2) is 4.79 Å². The third-order valence-corrected chi connectivity index (χ3v) is 5.24. The molecule has 0 bridgehead atoms. The van der Waals surface area contributed by atoms with Gasteiger partial charge < -0.3 is 14.4 Å². The Morgan fingerprint density at radius 1 is 1.07 bits per heavy atom. The van der Waals surface area contributed by atoms with Crippen LogP contribution in [0.3, 0.4) is 0 Å². The summed E-state index contributed by atoms with van der Waals surface area (Å²) in [6.45, 7) is 0.868. The normalized spacial score (nSPS) is 11.0. The van der Waals surface area contributed by atoms with Gasteiger partial charge in [-0.05, 0) is 34.9 Å². The van der Waals surface area contributed by atoms with E-state index in [1.165, 1.54) is 0 Å². The van der Waals surface area contributed by atoms with Gasteiger partial charge in [0.2, 0.25) is 0 Å². The van der Waals surface area contributed by atoms with E-state index in [0.717, 1.165) is 27.6 Å². The van der Waals surface area contributed by atoms with Crippen LogP contribution < -0.4 is 16.0 Å². The number of fused-ring (bicyclic) bond motifs is 1. The Bertz CT molecular complexity index is 1200. The molecule has 1 aromatic heterocycles. The number of hydrogen-bond donors (Lipinski definition) is 3. The molecule has 0 spiro atoms. The Balaban J connectivity index is 2.06. The third kappa shape index (κ3) is 3.54. The van der Waals surface area contributed by atoms with Crippen LogP contribution in [0.15, 0.2) is 72.8 Å². The van der Waals surface area contributed by atoms with Crippen LogP contribution in [-0.2, 0) is 13.1 Å². The zero-order chi connectivity index (χ0) is 21.1. The summed E-state index contributed by atoms with van der Waals surface area (Å²) in [7, 11) is 1.60. The highest BCUT2D eigenvalue weighted by atomic mass is 16.5. The molecule has 0 radical (unpaired) electrons. The number of carboxylic acids is 1. The Kier molecular flexibility index (Phi) is 5.52. The number of nitrogens with one attached hydrogen (secondary N) is 1. The highest BCUT2D eigenvalue weighted by Crippen LogP contribution is 2.39. The summed E-state index contributed by atoms with van der Waals surface area (Å²) in [4.78, 5) is 12.5. The highest BCUT2D eigenvalue weighted by molar-refractivity contribution is 6.09. The minimum atomic E-state index is -0.980. The number of hydrogen-bond acceptors (Lipinski definition) is 4. The molecule has 0 saturated heterocycles. The molecule has 6 nitrogen and oxygen atoms in total. The molecule has 0 aliphatic heterocycles. The molecule has 152 valence electrons. The minimum Gasteiger partial charge on any atom is -0.497 e. The lowest BCUT2D eigenvalue weighted by molar-refractivity contribution is 0.0687. The first kappa shape index (κ1) is 19.7. The zero-order valence-corrected chi connectivity index (χ0v) is 16.6. The summed E-state index contributed by atoms with van der Waals surface area (Å²) >= 11 is 0. The van der Waals surface area contributed by atoms with Crippen molar-refractivity contribution in [2.45, 2.75) is 13.1 Å². The van der Waals surface area contributed by atoms with Crippen molar-refractivity contribution < 1.29 is 14.6 Å². The number of carboxylic acid groups (broad SMARTS) is 1. The number of rotatable bonds is 7. The number of ether oxygens (including phenoxy) is 1. The fourth-order valence-corrected chi connectivity index (χ4v) is 3.91. The maximum absolute atomic E-state index is 12.5. The summed E-state index contributed by atoms with van der Waals surface area (Å²) in [5.41, 5.74) is 7.20. The van der Waals surface area contributed by atoms with Gasteiger partial charge in [0.1, 0.15) is 11.4 Å².